The molecule has 0 aliphatic rings. The molecule has 0 amide bonds. The Kier molecular flexibility index (Phi) is 7.33. The Labute approximate surface area is 196 Å². The number of aromatic nitrogens is 6. The van der Waals surface area contributed by atoms with Crippen LogP contribution in [0.15, 0.2) is 53.2 Å². The van der Waals surface area contributed by atoms with Crippen LogP contribution in [0.25, 0.3) is 22.7 Å². The van der Waals surface area contributed by atoms with Gasteiger partial charge in [0, 0.05) is 31.4 Å². The molecule has 34 heavy (non-hydrogen) atoms. The van der Waals surface area contributed by atoms with E-state index in [0.29, 0.717) is 12.1 Å². The van der Waals surface area contributed by atoms with Crippen LogP contribution in [0, 0.1) is 0 Å². The Morgan fingerprint density at radius 2 is 1.85 bits per heavy atom. The summed E-state index contributed by atoms with van der Waals surface area (Å²) in [6.45, 7) is 3.25. The molecule has 0 atom stereocenters. The van der Waals surface area contributed by atoms with E-state index in [9.17, 15) is 8.78 Å². The maximum absolute atomic E-state index is 12.6. The van der Waals surface area contributed by atoms with Gasteiger partial charge >= 0.3 is 6.43 Å². The number of hydrogen-bond acceptors (Lipinski definition) is 8. The lowest BCUT2D eigenvalue weighted by atomic mass is 10.1. The Morgan fingerprint density at radius 3 is 2.56 bits per heavy atom. The zero-order chi connectivity index (χ0) is 24.1. The standard InChI is InChI=1S/C23H26F2N8O/c1-31(2)9-10-32(3)13-16-5-4-6-17(11-16)20-15-33(30-27-20)14-19-8-7-18(12-26-19)22-28-29-23(34-22)21(24)25/h4-8,11-12,15,21H,9-10,13-14H2,1-3H3. The van der Waals surface area contributed by atoms with E-state index in [1.165, 1.54) is 11.8 Å². The van der Waals surface area contributed by atoms with Crippen LogP contribution in [0.5, 0.6) is 0 Å². The largest absolute Gasteiger partial charge is 0.415 e. The molecule has 0 saturated carbocycles. The highest BCUT2D eigenvalue weighted by atomic mass is 19.3. The Balaban J connectivity index is 1.39. The Morgan fingerprint density at radius 1 is 1.00 bits per heavy atom. The molecular formula is C23H26F2N8O. The van der Waals surface area contributed by atoms with E-state index < -0.39 is 12.3 Å². The van der Waals surface area contributed by atoms with Crippen molar-refractivity contribution in [3.8, 4) is 22.7 Å². The number of benzene rings is 1. The molecule has 0 N–H and O–H groups in total. The summed E-state index contributed by atoms with van der Waals surface area (Å²) in [5.41, 5.74) is 4.18. The minimum atomic E-state index is -2.81. The lowest BCUT2D eigenvalue weighted by molar-refractivity contribution is 0.116. The van der Waals surface area contributed by atoms with Gasteiger partial charge in [-0.05, 0) is 44.9 Å². The second-order valence-corrected chi connectivity index (χ2v) is 8.33. The van der Waals surface area contributed by atoms with Gasteiger partial charge in [-0.2, -0.15) is 8.78 Å². The highest BCUT2D eigenvalue weighted by Gasteiger charge is 2.17. The van der Waals surface area contributed by atoms with Crippen molar-refractivity contribution in [2.24, 2.45) is 0 Å². The van der Waals surface area contributed by atoms with Gasteiger partial charge in [-0.25, -0.2) is 4.68 Å². The molecule has 0 bridgehead atoms. The fourth-order valence-electron chi connectivity index (χ4n) is 3.35. The minimum absolute atomic E-state index is 0.00429. The predicted molar refractivity (Wildman–Crippen MR) is 122 cm³/mol. The van der Waals surface area contributed by atoms with Crippen molar-refractivity contribution < 1.29 is 13.2 Å². The van der Waals surface area contributed by atoms with Gasteiger partial charge in [0.15, 0.2) is 0 Å². The highest BCUT2D eigenvalue weighted by molar-refractivity contribution is 5.58. The van der Waals surface area contributed by atoms with Crippen molar-refractivity contribution in [1.82, 2.24) is 40.0 Å². The maximum atomic E-state index is 12.6. The van der Waals surface area contributed by atoms with Crippen LogP contribution in [0.1, 0.15) is 23.6 Å². The first-order valence-electron chi connectivity index (χ1n) is 10.8. The minimum Gasteiger partial charge on any atom is -0.415 e. The molecule has 3 aromatic heterocycles. The molecule has 0 spiro atoms. The van der Waals surface area contributed by atoms with Gasteiger partial charge < -0.3 is 14.2 Å². The van der Waals surface area contributed by atoms with Crippen molar-refractivity contribution in [3.63, 3.8) is 0 Å². The zero-order valence-corrected chi connectivity index (χ0v) is 19.3. The molecule has 0 fully saturated rings. The van der Waals surface area contributed by atoms with Crippen LogP contribution in [0.4, 0.5) is 8.78 Å². The Hall–Kier alpha value is -3.57. The fourth-order valence-corrected chi connectivity index (χ4v) is 3.35. The number of pyridine rings is 1. The SMILES string of the molecule is CN(C)CCN(C)Cc1cccc(-c2cn(Cc3ccc(-c4nnc(C(F)F)o4)cn3)nn2)c1. The average Bonchev–Trinajstić information content (AvgIpc) is 3.49. The summed E-state index contributed by atoms with van der Waals surface area (Å²) in [7, 11) is 6.25. The van der Waals surface area contributed by atoms with Crippen LogP contribution < -0.4 is 0 Å². The topological polar surface area (TPSA) is 89.0 Å². The van der Waals surface area contributed by atoms with E-state index in [1.54, 1.807) is 16.8 Å². The molecule has 4 aromatic rings. The average molecular weight is 469 g/mol. The first-order chi connectivity index (χ1) is 16.4. The number of likely N-dealkylation sites (N-methyl/N-ethyl adjacent to an activating group) is 2. The third-order valence-electron chi connectivity index (χ3n) is 5.17. The molecule has 178 valence electrons. The number of halogens is 2. The lowest BCUT2D eigenvalue weighted by Crippen LogP contribution is -2.28. The van der Waals surface area contributed by atoms with Gasteiger partial charge in [0.2, 0.25) is 5.89 Å². The smallest absolute Gasteiger partial charge is 0.314 e. The van der Waals surface area contributed by atoms with Crippen molar-refractivity contribution in [2.45, 2.75) is 19.5 Å². The van der Waals surface area contributed by atoms with E-state index in [1.807, 2.05) is 18.3 Å². The van der Waals surface area contributed by atoms with E-state index in [4.69, 9.17) is 4.42 Å². The molecular weight excluding hydrogens is 442 g/mol. The molecule has 0 unspecified atom stereocenters. The number of rotatable bonds is 10. The summed E-state index contributed by atoms with van der Waals surface area (Å²) in [6.07, 6.45) is 0.573. The number of nitrogens with zero attached hydrogens (tertiary/aromatic N) is 8. The Bertz CT molecular complexity index is 1210. The number of alkyl halides is 2. The van der Waals surface area contributed by atoms with Crippen LogP contribution in [0.3, 0.4) is 0 Å². The summed E-state index contributed by atoms with van der Waals surface area (Å²) >= 11 is 0. The van der Waals surface area contributed by atoms with Gasteiger partial charge in [0.05, 0.1) is 24.0 Å². The maximum Gasteiger partial charge on any atom is 0.314 e. The van der Waals surface area contributed by atoms with E-state index in [-0.39, 0.29) is 5.89 Å². The fraction of sp³-hybridized carbons (Fsp3) is 0.348. The monoisotopic (exact) mass is 468 g/mol. The quantitative estimate of drug-likeness (QED) is 0.350. The summed E-state index contributed by atoms with van der Waals surface area (Å²) in [5.74, 6) is -0.705. The second kappa shape index (κ2) is 10.6. The molecule has 0 saturated heterocycles. The first kappa shape index (κ1) is 23.6. The van der Waals surface area contributed by atoms with Crippen molar-refractivity contribution in [3.05, 3.63) is 65.9 Å². The summed E-state index contributed by atoms with van der Waals surface area (Å²) in [5, 5.41) is 15.5. The van der Waals surface area contributed by atoms with Gasteiger partial charge in [-0.3, -0.25) is 4.98 Å². The molecule has 3 heterocycles. The summed E-state index contributed by atoms with van der Waals surface area (Å²) in [4.78, 5) is 8.80. The van der Waals surface area contributed by atoms with Gasteiger partial charge in [-0.1, -0.05) is 23.4 Å². The molecule has 9 nitrogen and oxygen atoms in total. The van der Waals surface area contributed by atoms with E-state index >= 15 is 0 Å². The van der Waals surface area contributed by atoms with Gasteiger partial charge in [0.25, 0.3) is 5.89 Å². The molecule has 0 aliphatic heterocycles. The molecule has 0 aliphatic carbocycles. The third kappa shape index (κ3) is 6.06. The zero-order valence-electron chi connectivity index (χ0n) is 19.3. The predicted octanol–water partition coefficient (Wildman–Crippen LogP) is 3.37. The molecule has 1 aromatic carbocycles. The molecule has 4 rings (SSSR count). The van der Waals surface area contributed by atoms with Crippen LogP contribution in [0.2, 0.25) is 0 Å². The van der Waals surface area contributed by atoms with Gasteiger partial charge in [-0.15, -0.1) is 15.3 Å². The highest BCUT2D eigenvalue weighted by Crippen LogP contribution is 2.23. The number of hydrogen-bond donors (Lipinski definition) is 0. The van der Waals surface area contributed by atoms with Crippen LogP contribution in [-0.4, -0.2) is 74.2 Å². The van der Waals surface area contributed by atoms with Crippen molar-refractivity contribution in [2.75, 3.05) is 34.2 Å². The van der Waals surface area contributed by atoms with Crippen molar-refractivity contribution in [1.29, 1.82) is 0 Å². The second-order valence-electron chi connectivity index (χ2n) is 8.33. The van der Waals surface area contributed by atoms with E-state index in [2.05, 4.69) is 68.6 Å². The third-order valence-corrected chi connectivity index (χ3v) is 5.17. The van der Waals surface area contributed by atoms with E-state index in [0.717, 1.165) is 36.6 Å². The molecule has 0 radical (unpaired) electrons. The van der Waals surface area contributed by atoms with Crippen LogP contribution >= 0.6 is 0 Å². The summed E-state index contributed by atoms with van der Waals surface area (Å²) < 4.78 is 31.9. The molecule has 11 heteroatoms. The normalized spacial score (nSPS) is 11.8. The van der Waals surface area contributed by atoms with Crippen molar-refractivity contribution >= 4 is 0 Å². The lowest BCUT2D eigenvalue weighted by Gasteiger charge is -2.19. The first-order valence-corrected chi connectivity index (χ1v) is 10.8. The van der Waals surface area contributed by atoms with Gasteiger partial charge in [0.1, 0.15) is 5.69 Å². The summed E-state index contributed by atoms with van der Waals surface area (Å²) in [6, 6.07) is 11.7. The van der Waals surface area contributed by atoms with Crippen LogP contribution in [-0.2, 0) is 13.1 Å².